The van der Waals surface area contributed by atoms with Crippen molar-refractivity contribution in [1.82, 2.24) is 4.98 Å². The quantitative estimate of drug-likeness (QED) is 0.788. The second-order valence-corrected chi connectivity index (χ2v) is 3.46. The van der Waals surface area contributed by atoms with E-state index >= 15 is 0 Å². The van der Waals surface area contributed by atoms with Crippen molar-refractivity contribution in [2.24, 2.45) is 0 Å². The maximum Gasteiger partial charge on any atom is 0.573 e. The Hall–Kier alpha value is -1.48. The van der Waals surface area contributed by atoms with Gasteiger partial charge in [0.1, 0.15) is 0 Å². The van der Waals surface area contributed by atoms with E-state index < -0.39 is 12.1 Å². The van der Waals surface area contributed by atoms with Gasteiger partial charge in [0, 0.05) is 17.6 Å². The Morgan fingerprint density at radius 3 is 2.65 bits per heavy atom. The molecule has 0 unspecified atom stereocenters. The molecule has 0 aliphatic rings. The van der Waals surface area contributed by atoms with Crippen LogP contribution in [0.3, 0.4) is 0 Å². The van der Waals surface area contributed by atoms with Crippen LogP contribution < -0.4 is 4.74 Å². The zero-order chi connectivity index (χ0) is 13.1. The predicted octanol–water partition coefficient (Wildman–Crippen LogP) is 3.09. The molecule has 7 heteroatoms. The van der Waals surface area contributed by atoms with Gasteiger partial charge < -0.3 is 4.74 Å². The van der Waals surface area contributed by atoms with Crippen LogP contribution in [0.25, 0.3) is 0 Å². The monoisotopic (exact) mass is 264 g/mol. The SMILES string of the molecule is Cc1ncc(CCl)c(CC#N)c1OC(F)(F)F. The molecule has 17 heavy (non-hydrogen) atoms. The van der Waals surface area contributed by atoms with Crippen LogP contribution in [-0.4, -0.2) is 11.3 Å². The summed E-state index contributed by atoms with van der Waals surface area (Å²) < 4.78 is 40.5. The summed E-state index contributed by atoms with van der Waals surface area (Å²) in [5.74, 6) is -0.462. The fourth-order valence-electron chi connectivity index (χ4n) is 1.31. The van der Waals surface area contributed by atoms with Gasteiger partial charge in [-0.2, -0.15) is 5.26 Å². The molecule has 0 atom stereocenters. The molecule has 0 saturated carbocycles. The maximum absolute atomic E-state index is 12.2. The Morgan fingerprint density at radius 2 is 2.18 bits per heavy atom. The van der Waals surface area contributed by atoms with Crippen LogP contribution in [0.5, 0.6) is 5.75 Å². The molecule has 1 aromatic rings. The third kappa shape index (κ3) is 3.49. The molecule has 0 fully saturated rings. The lowest BCUT2D eigenvalue weighted by molar-refractivity contribution is -0.275. The average Bonchev–Trinajstić information content (AvgIpc) is 2.22. The number of alkyl halides is 4. The van der Waals surface area contributed by atoms with Crippen LogP contribution in [0.15, 0.2) is 6.20 Å². The number of ether oxygens (including phenoxy) is 1. The highest BCUT2D eigenvalue weighted by atomic mass is 35.5. The molecule has 0 radical (unpaired) electrons. The molecular formula is C10H8ClF3N2O. The van der Waals surface area contributed by atoms with E-state index in [0.717, 1.165) is 0 Å². The molecule has 0 aliphatic heterocycles. The average molecular weight is 265 g/mol. The molecule has 0 aliphatic carbocycles. The van der Waals surface area contributed by atoms with Gasteiger partial charge in [-0.3, -0.25) is 4.98 Å². The second kappa shape index (κ2) is 5.23. The van der Waals surface area contributed by atoms with Crippen LogP contribution in [0.4, 0.5) is 13.2 Å². The Balaban J connectivity index is 3.29. The second-order valence-electron chi connectivity index (χ2n) is 3.19. The zero-order valence-corrected chi connectivity index (χ0v) is 9.56. The zero-order valence-electron chi connectivity index (χ0n) is 8.81. The maximum atomic E-state index is 12.2. The van der Waals surface area contributed by atoms with Crippen molar-refractivity contribution in [2.45, 2.75) is 25.6 Å². The van der Waals surface area contributed by atoms with Gasteiger partial charge in [-0.25, -0.2) is 0 Å². The van der Waals surface area contributed by atoms with E-state index in [4.69, 9.17) is 16.9 Å². The van der Waals surface area contributed by atoms with Gasteiger partial charge >= 0.3 is 6.36 Å². The van der Waals surface area contributed by atoms with Crippen molar-refractivity contribution in [3.05, 3.63) is 23.0 Å². The molecule has 0 bridgehead atoms. The van der Waals surface area contributed by atoms with E-state index in [1.54, 1.807) is 6.07 Å². The fraction of sp³-hybridized carbons (Fsp3) is 0.400. The minimum Gasteiger partial charge on any atom is -0.404 e. The highest BCUT2D eigenvalue weighted by molar-refractivity contribution is 6.17. The minimum atomic E-state index is -4.82. The van der Waals surface area contributed by atoms with Crippen LogP contribution in [0, 0.1) is 18.3 Å². The first-order valence-corrected chi connectivity index (χ1v) is 5.08. The third-order valence-electron chi connectivity index (χ3n) is 2.02. The lowest BCUT2D eigenvalue weighted by atomic mass is 10.1. The van der Waals surface area contributed by atoms with Gasteiger partial charge in [-0.1, -0.05) is 0 Å². The van der Waals surface area contributed by atoms with E-state index in [1.165, 1.54) is 13.1 Å². The van der Waals surface area contributed by atoms with Crippen LogP contribution in [0.1, 0.15) is 16.8 Å². The number of aromatic nitrogens is 1. The molecule has 0 aromatic carbocycles. The standard InChI is InChI=1S/C10H8ClF3N2O/c1-6-9(17-10(12,13)14)8(2-3-15)7(4-11)5-16-6/h5H,2,4H2,1H3. The summed E-state index contributed by atoms with van der Waals surface area (Å²) in [7, 11) is 0. The molecule has 3 nitrogen and oxygen atoms in total. The van der Waals surface area contributed by atoms with Gasteiger partial charge in [-0.05, 0) is 12.5 Å². The Labute approximate surface area is 101 Å². The highest BCUT2D eigenvalue weighted by Gasteiger charge is 2.33. The number of hydrogen-bond donors (Lipinski definition) is 0. The predicted molar refractivity (Wildman–Crippen MR) is 54.5 cm³/mol. The van der Waals surface area contributed by atoms with E-state index in [0.29, 0.717) is 5.56 Å². The number of halogens is 4. The molecule has 92 valence electrons. The normalized spacial score (nSPS) is 11.1. The summed E-state index contributed by atoms with van der Waals surface area (Å²) in [5, 5.41) is 8.60. The van der Waals surface area contributed by atoms with Crippen molar-refractivity contribution < 1.29 is 17.9 Å². The molecule has 1 rings (SSSR count). The topological polar surface area (TPSA) is 45.9 Å². The summed E-state index contributed by atoms with van der Waals surface area (Å²) >= 11 is 5.58. The Kier molecular flexibility index (Phi) is 4.18. The van der Waals surface area contributed by atoms with Gasteiger partial charge in [0.2, 0.25) is 0 Å². The Bertz CT molecular complexity index is 454. The van der Waals surface area contributed by atoms with Crippen molar-refractivity contribution in [2.75, 3.05) is 0 Å². The van der Waals surface area contributed by atoms with Crippen molar-refractivity contribution in [3.63, 3.8) is 0 Å². The molecule has 0 amide bonds. The number of hydrogen-bond acceptors (Lipinski definition) is 3. The number of aryl methyl sites for hydroxylation is 1. The fourth-order valence-corrected chi connectivity index (χ4v) is 1.54. The molecule has 0 spiro atoms. The molecule has 0 N–H and O–H groups in total. The van der Waals surface area contributed by atoms with Crippen molar-refractivity contribution >= 4 is 11.6 Å². The summed E-state index contributed by atoms with van der Waals surface area (Å²) in [6.45, 7) is 1.37. The molecule has 1 aromatic heterocycles. The lowest BCUT2D eigenvalue weighted by Gasteiger charge is -2.15. The number of rotatable bonds is 3. The van der Waals surface area contributed by atoms with Gasteiger partial charge in [0.15, 0.2) is 5.75 Å². The molecule has 1 heterocycles. The molecular weight excluding hydrogens is 257 g/mol. The van der Waals surface area contributed by atoms with Gasteiger partial charge in [-0.15, -0.1) is 24.8 Å². The molecule has 0 saturated heterocycles. The first-order valence-electron chi connectivity index (χ1n) is 4.55. The number of nitriles is 1. The first kappa shape index (κ1) is 13.6. The minimum absolute atomic E-state index is 0.0293. The number of nitrogens with zero attached hydrogens (tertiary/aromatic N) is 2. The largest absolute Gasteiger partial charge is 0.573 e. The summed E-state index contributed by atoms with van der Waals surface area (Å²) in [4.78, 5) is 3.76. The summed E-state index contributed by atoms with van der Waals surface area (Å²) in [5.41, 5.74) is 0.562. The van der Waals surface area contributed by atoms with Crippen molar-refractivity contribution in [1.29, 1.82) is 5.26 Å². The van der Waals surface area contributed by atoms with Crippen LogP contribution in [-0.2, 0) is 12.3 Å². The van der Waals surface area contributed by atoms with Crippen molar-refractivity contribution in [3.8, 4) is 11.8 Å². The highest BCUT2D eigenvalue weighted by Crippen LogP contribution is 2.31. The number of pyridine rings is 1. The third-order valence-corrected chi connectivity index (χ3v) is 2.31. The Morgan fingerprint density at radius 1 is 1.53 bits per heavy atom. The van der Waals surface area contributed by atoms with E-state index in [1.807, 2.05) is 0 Å². The van der Waals surface area contributed by atoms with Gasteiger partial charge in [0.05, 0.1) is 18.2 Å². The van der Waals surface area contributed by atoms with Gasteiger partial charge in [0.25, 0.3) is 0 Å². The first-order chi connectivity index (χ1) is 7.89. The van der Waals surface area contributed by atoms with E-state index in [2.05, 4.69) is 9.72 Å². The van der Waals surface area contributed by atoms with E-state index in [-0.39, 0.29) is 23.6 Å². The summed E-state index contributed by atoms with van der Waals surface area (Å²) in [6, 6.07) is 1.78. The van der Waals surface area contributed by atoms with Crippen LogP contribution in [0.2, 0.25) is 0 Å². The smallest absolute Gasteiger partial charge is 0.404 e. The van der Waals surface area contributed by atoms with Crippen LogP contribution >= 0.6 is 11.6 Å². The summed E-state index contributed by atoms with van der Waals surface area (Å²) in [6.07, 6.45) is -3.68. The van der Waals surface area contributed by atoms with E-state index in [9.17, 15) is 13.2 Å². The lowest BCUT2D eigenvalue weighted by Crippen LogP contribution is -2.19.